The van der Waals surface area contributed by atoms with Crippen molar-refractivity contribution in [2.75, 3.05) is 13.1 Å². The summed E-state index contributed by atoms with van der Waals surface area (Å²) < 4.78 is 26.7. The Morgan fingerprint density at radius 1 is 1.29 bits per heavy atom. The zero-order valence-corrected chi connectivity index (χ0v) is 10.4. The molecular formula is C14H19F2N. The zero-order valence-electron chi connectivity index (χ0n) is 10.4. The van der Waals surface area contributed by atoms with Crippen molar-refractivity contribution < 1.29 is 8.78 Å². The molecule has 3 heteroatoms. The average Bonchev–Trinajstić information content (AvgIpc) is 2.30. The van der Waals surface area contributed by atoms with Crippen LogP contribution in [0.3, 0.4) is 0 Å². The summed E-state index contributed by atoms with van der Waals surface area (Å²) in [5.74, 6) is -0.936. The maximum absolute atomic E-state index is 13.4. The first-order valence-electron chi connectivity index (χ1n) is 5.94. The van der Waals surface area contributed by atoms with Crippen LogP contribution in [0, 0.1) is 11.6 Å². The molecule has 0 spiro atoms. The maximum Gasteiger partial charge on any atom is 0.129 e. The second-order valence-electron chi connectivity index (χ2n) is 4.07. The zero-order chi connectivity index (χ0) is 12.7. The van der Waals surface area contributed by atoms with Gasteiger partial charge in [-0.2, -0.15) is 0 Å². The Kier molecular flexibility index (Phi) is 5.84. The first-order valence-corrected chi connectivity index (χ1v) is 5.94. The van der Waals surface area contributed by atoms with Crippen molar-refractivity contribution in [3.63, 3.8) is 0 Å². The van der Waals surface area contributed by atoms with Crippen molar-refractivity contribution in [3.8, 4) is 0 Å². The van der Waals surface area contributed by atoms with Crippen molar-refractivity contribution in [2.45, 2.75) is 26.7 Å². The van der Waals surface area contributed by atoms with Gasteiger partial charge in [0, 0.05) is 5.56 Å². The maximum atomic E-state index is 13.4. The Balaban J connectivity index is 2.58. The highest BCUT2D eigenvalue weighted by Crippen LogP contribution is 2.16. The van der Waals surface area contributed by atoms with Crippen molar-refractivity contribution in [1.29, 1.82) is 0 Å². The highest BCUT2D eigenvalue weighted by atomic mass is 19.1. The minimum Gasteiger partial charge on any atom is -0.317 e. The number of allylic oxidation sites excluding steroid dienone is 1. The lowest BCUT2D eigenvalue weighted by Gasteiger charge is -2.05. The van der Waals surface area contributed by atoms with Gasteiger partial charge in [0.1, 0.15) is 11.6 Å². The van der Waals surface area contributed by atoms with Crippen LogP contribution in [-0.4, -0.2) is 13.1 Å². The fraction of sp³-hybridized carbons (Fsp3) is 0.429. The monoisotopic (exact) mass is 239 g/mol. The largest absolute Gasteiger partial charge is 0.317 e. The third-order valence-electron chi connectivity index (χ3n) is 2.58. The first kappa shape index (κ1) is 13.8. The van der Waals surface area contributed by atoms with E-state index in [0.29, 0.717) is 6.42 Å². The standard InChI is InChI=1S/C14H19F2N/c1-3-17-9-5-6-11(2)10-12-13(15)7-4-8-14(12)16/h4,6-8,17H,3,5,9-10H2,1-2H3/b11-6-. The smallest absolute Gasteiger partial charge is 0.129 e. The minimum atomic E-state index is -0.468. The van der Waals surface area contributed by atoms with Gasteiger partial charge >= 0.3 is 0 Å². The topological polar surface area (TPSA) is 12.0 Å². The van der Waals surface area contributed by atoms with Crippen LogP contribution in [0.15, 0.2) is 29.8 Å². The Morgan fingerprint density at radius 3 is 2.53 bits per heavy atom. The average molecular weight is 239 g/mol. The quantitative estimate of drug-likeness (QED) is 0.592. The summed E-state index contributed by atoms with van der Waals surface area (Å²) in [5.41, 5.74) is 1.15. The molecule has 0 saturated carbocycles. The predicted octanol–water partition coefficient (Wildman–Crippen LogP) is 3.45. The van der Waals surface area contributed by atoms with Crippen LogP contribution in [0.4, 0.5) is 8.78 Å². The molecule has 17 heavy (non-hydrogen) atoms. The lowest BCUT2D eigenvalue weighted by Crippen LogP contribution is -2.13. The number of halogens is 2. The van der Waals surface area contributed by atoms with Gasteiger partial charge in [-0.3, -0.25) is 0 Å². The molecule has 1 nitrogen and oxygen atoms in total. The van der Waals surface area contributed by atoms with Crippen molar-refractivity contribution in [3.05, 3.63) is 47.0 Å². The van der Waals surface area contributed by atoms with Crippen LogP contribution in [0.25, 0.3) is 0 Å². The summed E-state index contributed by atoms with van der Waals surface area (Å²) in [5, 5.41) is 3.20. The lowest BCUT2D eigenvalue weighted by atomic mass is 10.0. The first-order chi connectivity index (χ1) is 8.15. The minimum absolute atomic E-state index is 0.157. The van der Waals surface area contributed by atoms with E-state index in [0.717, 1.165) is 25.1 Å². The molecule has 0 unspecified atom stereocenters. The van der Waals surface area contributed by atoms with Crippen LogP contribution in [0.5, 0.6) is 0 Å². The second kappa shape index (κ2) is 7.17. The highest BCUT2D eigenvalue weighted by Gasteiger charge is 2.08. The van der Waals surface area contributed by atoms with Crippen LogP contribution >= 0.6 is 0 Å². The molecule has 1 N–H and O–H groups in total. The van der Waals surface area contributed by atoms with Crippen LogP contribution in [0.2, 0.25) is 0 Å². The van der Waals surface area contributed by atoms with Crippen LogP contribution in [0.1, 0.15) is 25.8 Å². The van der Waals surface area contributed by atoms with Crippen molar-refractivity contribution in [2.24, 2.45) is 0 Å². The molecule has 1 rings (SSSR count). The summed E-state index contributed by atoms with van der Waals surface area (Å²) in [6.45, 7) is 5.78. The molecule has 0 aliphatic carbocycles. The summed E-state index contributed by atoms with van der Waals surface area (Å²) in [7, 11) is 0. The van der Waals surface area contributed by atoms with Gasteiger partial charge in [0.05, 0.1) is 0 Å². The molecule has 94 valence electrons. The Labute approximate surface area is 102 Å². The van der Waals surface area contributed by atoms with E-state index in [2.05, 4.69) is 5.32 Å². The van der Waals surface area contributed by atoms with E-state index in [9.17, 15) is 8.78 Å². The molecule has 0 aliphatic rings. The molecular weight excluding hydrogens is 220 g/mol. The Morgan fingerprint density at radius 2 is 1.94 bits per heavy atom. The van der Waals surface area contributed by atoms with E-state index in [1.165, 1.54) is 18.2 Å². The number of hydrogen-bond acceptors (Lipinski definition) is 1. The third kappa shape index (κ3) is 4.65. The molecule has 0 radical (unpaired) electrons. The lowest BCUT2D eigenvalue weighted by molar-refractivity contribution is 0.560. The van der Waals surface area contributed by atoms with Gasteiger partial charge in [-0.1, -0.05) is 24.6 Å². The van der Waals surface area contributed by atoms with Gasteiger partial charge in [0.25, 0.3) is 0 Å². The number of benzene rings is 1. The highest BCUT2D eigenvalue weighted by molar-refractivity contribution is 5.24. The van der Waals surface area contributed by atoms with E-state index in [4.69, 9.17) is 0 Å². The normalized spacial score (nSPS) is 11.9. The van der Waals surface area contributed by atoms with E-state index in [1.54, 1.807) is 0 Å². The van der Waals surface area contributed by atoms with Gasteiger partial charge in [0.15, 0.2) is 0 Å². The van der Waals surface area contributed by atoms with Gasteiger partial charge in [0.2, 0.25) is 0 Å². The number of rotatable bonds is 6. The van der Waals surface area contributed by atoms with E-state index in [-0.39, 0.29) is 5.56 Å². The van der Waals surface area contributed by atoms with E-state index >= 15 is 0 Å². The van der Waals surface area contributed by atoms with Crippen LogP contribution < -0.4 is 5.32 Å². The molecule has 1 aromatic rings. The molecule has 0 heterocycles. The summed E-state index contributed by atoms with van der Waals surface area (Å²) >= 11 is 0. The van der Waals surface area contributed by atoms with Crippen LogP contribution in [-0.2, 0) is 6.42 Å². The third-order valence-corrected chi connectivity index (χ3v) is 2.58. The van der Waals surface area contributed by atoms with E-state index in [1.807, 2.05) is 19.9 Å². The number of hydrogen-bond donors (Lipinski definition) is 1. The molecule has 0 atom stereocenters. The Hall–Kier alpha value is -1.22. The fourth-order valence-electron chi connectivity index (χ4n) is 1.65. The SMILES string of the molecule is CCNCC/C=C(/C)Cc1c(F)cccc1F. The van der Waals surface area contributed by atoms with E-state index < -0.39 is 11.6 Å². The summed E-state index contributed by atoms with van der Waals surface area (Å²) in [6.07, 6.45) is 3.24. The fourth-order valence-corrected chi connectivity index (χ4v) is 1.65. The van der Waals surface area contributed by atoms with Gasteiger partial charge in [-0.05, 0) is 45.0 Å². The van der Waals surface area contributed by atoms with Gasteiger partial charge in [-0.25, -0.2) is 8.78 Å². The van der Waals surface area contributed by atoms with Crippen molar-refractivity contribution in [1.82, 2.24) is 5.32 Å². The van der Waals surface area contributed by atoms with Gasteiger partial charge < -0.3 is 5.32 Å². The molecule has 0 saturated heterocycles. The van der Waals surface area contributed by atoms with Crippen molar-refractivity contribution >= 4 is 0 Å². The Bertz CT molecular complexity index is 366. The predicted molar refractivity (Wildman–Crippen MR) is 67.0 cm³/mol. The second-order valence-corrected chi connectivity index (χ2v) is 4.07. The molecule has 0 aromatic heterocycles. The summed E-state index contributed by atoms with van der Waals surface area (Å²) in [6, 6.07) is 3.98. The number of nitrogens with one attached hydrogen (secondary N) is 1. The molecule has 0 fully saturated rings. The van der Waals surface area contributed by atoms with Gasteiger partial charge in [-0.15, -0.1) is 0 Å². The molecule has 0 bridgehead atoms. The molecule has 1 aromatic carbocycles. The molecule has 0 amide bonds. The summed E-state index contributed by atoms with van der Waals surface area (Å²) in [4.78, 5) is 0. The molecule has 0 aliphatic heterocycles.